The van der Waals surface area contributed by atoms with Crippen molar-refractivity contribution in [3.63, 3.8) is 0 Å². The molecule has 0 spiro atoms. The van der Waals surface area contributed by atoms with Gasteiger partial charge in [0.25, 0.3) is 0 Å². The summed E-state index contributed by atoms with van der Waals surface area (Å²) in [4.78, 5) is 6.88. The van der Waals surface area contributed by atoms with Gasteiger partial charge in [-0.25, -0.2) is 0 Å². The van der Waals surface area contributed by atoms with E-state index in [1.54, 1.807) is 0 Å². The summed E-state index contributed by atoms with van der Waals surface area (Å²) in [7, 11) is 1.87. The molecule has 3 aromatic rings. The molecule has 29 heavy (non-hydrogen) atoms. The van der Waals surface area contributed by atoms with E-state index in [2.05, 4.69) is 74.9 Å². The normalized spacial score (nSPS) is 16.5. The van der Waals surface area contributed by atoms with Gasteiger partial charge in [-0.15, -0.1) is 24.0 Å². The topological polar surface area (TPSA) is 45.5 Å². The molecule has 0 saturated carbocycles. The Morgan fingerprint density at radius 1 is 1.10 bits per heavy atom. The van der Waals surface area contributed by atoms with Gasteiger partial charge in [-0.05, 0) is 29.2 Å². The predicted molar refractivity (Wildman–Crippen MR) is 129 cm³/mol. The minimum Gasteiger partial charge on any atom is -0.352 e. The number of halogens is 1. The van der Waals surface area contributed by atoms with Crippen LogP contribution in [0, 0.1) is 0 Å². The Labute approximate surface area is 189 Å². The lowest BCUT2D eigenvalue weighted by Crippen LogP contribution is -2.39. The maximum atomic E-state index is 4.51. The van der Waals surface area contributed by atoms with Crippen molar-refractivity contribution in [2.45, 2.75) is 25.4 Å². The minimum absolute atomic E-state index is 0. The highest BCUT2D eigenvalue weighted by molar-refractivity contribution is 14.0. The van der Waals surface area contributed by atoms with Gasteiger partial charge in [0.2, 0.25) is 0 Å². The first-order chi connectivity index (χ1) is 13.8. The number of benzene rings is 2. The van der Waals surface area contributed by atoms with E-state index >= 15 is 0 Å². The van der Waals surface area contributed by atoms with Gasteiger partial charge in [-0.1, -0.05) is 54.6 Å². The Morgan fingerprint density at radius 3 is 2.69 bits per heavy atom. The molecule has 1 aliphatic heterocycles. The second-order valence-corrected chi connectivity index (χ2v) is 7.27. The molecule has 5 nitrogen and oxygen atoms in total. The smallest absolute Gasteiger partial charge is 0.193 e. The third-order valence-corrected chi connectivity index (χ3v) is 5.32. The zero-order valence-corrected chi connectivity index (χ0v) is 19.1. The molecule has 1 aromatic heterocycles. The van der Waals surface area contributed by atoms with Gasteiger partial charge in [0.15, 0.2) is 5.96 Å². The SMILES string of the molecule is CN=C(NCc1cccc(Cn2cccn2)c1)N1CCC(c2ccccc2)C1.I. The molecule has 1 atom stereocenters. The lowest BCUT2D eigenvalue weighted by atomic mass is 9.99. The van der Waals surface area contributed by atoms with E-state index in [0.29, 0.717) is 5.92 Å². The second kappa shape index (κ2) is 10.4. The summed E-state index contributed by atoms with van der Waals surface area (Å²) >= 11 is 0. The molecule has 2 aromatic carbocycles. The second-order valence-electron chi connectivity index (χ2n) is 7.27. The van der Waals surface area contributed by atoms with E-state index in [4.69, 9.17) is 0 Å². The molecule has 0 bridgehead atoms. The van der Waals surface area contributed by atoms with Gasteiger partial charge in [-0.2, -0.15) is 5.10 Å². The van der Waals surface area contributed by atoms with E-state index in [1.807, 2.05) is 30.2 Å². The van der Waals surface area contributed by atoms with Gasteiger partial charge >= 0.3 is 0 Å². The summed E-state index contributed by atoms with van der Waals surface area (Å²) in [6, 6.07) is 21.4. The van der Waals surface area contributed by atoms with E-state index in [1.165, 1.54) is 23.1 Å². The zero-order chi connectivity index (χ0) is 19.2. The number of aliphatic imine (C=N–C) groups is 1. The number of rotatable bonds is 5. The monoisotopic (exact) mass is 501 g/mol. The predicted octanol–water partition coefficient (Wildman–Crippen LogP) is 4.11. The highest BCUT2D eigenvalue weighted by atomic mass is 127. The van der Waals surface area contributed by atoms with Crippen molar-refractivity contribution in [1.82, 2.24) is 20.0 Å². The van der Waals surface area contributed by atoms with Crippen molar-refractivity contribution in [2.24, 2.45) is 4.99 Å². The highest BCUT2D eigenvalue weighted by Gasteiger charge is 2.25. The molecule has 0 amide bonds. The summed E-state index contributed by atoms with van der Waals surface area (Å²) in [5.41, 5.74) is 3.93. The number of guanidine groups is 1. The van der Waals surface area contributed by atoms with Crippen LogP contribution in [0.5, 0.6) is 0 Å². The number of likely N-dealkylation sites (tertiary alicyclic amines) is 1. The van der Waals surface area contributed by atoms with Crippen LogP contribution in [0.15, 0.2) is 78.0 Å². The van der Waals surface area contributed by atoms with Crippen LogP contribution in [0.1, 0.15) is 29.0 Å². The zero-order valence-electron chi connectivity index (χ0n) is 16.7. The quantitative estimate of drug-likeness (QED) is 0.325. The highest BCUT2D eigenvalue weighted by Crippen LogP contribution is 2.26. The average Bonchev–Trinajstić information content (AvgIpc) is 3.42. The number of nitrogens with zero attached hydrogens (tertiary/aromatic N) is 4. The Kier molecular flexibility index (Phi) is 7.69. The van der Waals surface area contributed by atoms with Crippen molar-refractivity contribution in [2.75, 3.05) is 20.1 Å². The van der Waals surface area contributed by atoms with Crippen molar-refractivity contribution < 1.29 is 0 Å². The van der Waals surface area contributed by atoms with Crippen LogP contribution in [0.4, 0.5) is 0 Å². The number of nitrogens with one attached hydrogen (secondary N) is 1. The fraction of sp³-hybridized carbons (Fsp3) is 0.304. The molecule has 2 heterocycles. The van der Waals surface area contributed by atoms with Gasteiger partial charge in [0.05, 0.1) is 6.54 Å². The summed E-state index contributed by atoms with van der Waals surface area (Å²) in [5.74, 6) is 1.56. The fourth-order valence-corrected chi connectivity index (χ4v) is 3.88. The van der Waals surface area contributed by atoms with Crippen molar-refractivity contribution >= 4 is 29.9 Å². The summed E-state index contributed by atoms with van der Waals surface area (Å²) < 4.78 is 1.94. The lowest BCUT2D eigenvalue weighted by molar-refractivity contribution is 0.486. The average molecular weight is 501 g/mol. The summed E-state index contributed by atoms with van der Waals surface area (Å²) in [6.07, 6.45) is 4.97. The Hall–Kier alpha value is -2.35. The van der Waals surface area contributed by atoms with Crippen LogP contribution < -0.4 is 5.32 Å². The van der Waals surface area contributed by atoms with Crippen molar-refractivity contribution in [3.05, 3.63) is 89.7 Å². The molecule has 0 aliphatic carbocycles. The third kappa shape index (κ3) is 5.59. The third-order valence-electron chi connectivity index (χ3n) is 5.32. The van der Waals surface area contributed by atoms with Gasteiger partial charge < -0.3 is 10.2 Å². The summed E-state index contributed by atoms with van der Waals surface area (Å²) in [5, 5.41) is 7.83. The van der Waals surface area contributed by atoms with Crippen LogP contribution in [0.3, 0.4) is 0 Å². The van der Waals surface area contributed by atoms with Crippen molar-refractivity contribution in [3.8, 4) is 0 Å². The Bertz CT molecular complexity index is 908. The molecule has 1 fully saturated rings. The molecule has 1 saturated heterocycles. The van der Waals surface area contributed by atoms with Crippen LogP contribution in [-0.2, 0) is 13.1 Å². The van der Waals surface area contributed by atoms with Crippen LogP contribution in [-0.4, -0.2) is 40.8 Å². The fourth-order valence-electron chi connectivity index (χ4n) is 3.88. The molecular formula is C23H28IN5. The van der Waals surface area contributed by atoms with E-state index in [9.17, 15) is 0 Å². The standard InChI is InChI=1S/C23H27N5.HI/c1-24-23(27-14-11-22(18-27)21-9-3-2-4-10-21)25-16-19-7-5-8-20(15-19)17-28-13-6-12-26-28;/h2-10,12-13,15,22H,11,14,16-18H2,1H3,(H,24,25);1H. The van der Waals surface area contributed by atoms with Gasteiger partial charge in [0, 0.05) is 45.0 Å². The van der Waals surface area contributed by atoms with Crippen molar-refractivity contribution in [1.29, 1.82) is 0 Å². The lowest BCUT2D eigenvalue weighted by Gasteiger charge is -2.22. The maximum Gasteiger partial charge on any atom is 0.193 e. The summed E-state index contributed by atoms with van der Waals surface area (Å²) in [6.45, 7) is 3.62. The molecule has 4 rings (SSSR count). The van der Waals surface area contributed by atoms with Crippen LogP contribution >= 0.6 is 24.0 Å². The van der Waals surface area contributed by atoms with Crippen LogP contribution in [0.25, 0.3) is 0 Å². The molecule has 1 unspecified atom stereocenters. The molecule has 0 radical (unpaired) electrons. The molecule has 1 N–H and O–H groups in total. The minimum atomic E-state index is 0. The molecule has 152 valence electrons. The first-order valence-corrected chi connectivity index (χ1v) is 9.87. The number of hydrogen-bond acceptors (Lipinski definition) is 2. The van der Waals surface area contributed by atoms with E-state index < -0.39 is 0 Å². The molecular weight excluding hydrogens is 473 g/mol. The van der Waals surface area contributed by atoms with Gasteiger partial charge in [-0.3, -0.25) is 9.67 Å². The van der Waals surface area contributed by atoms with Crippen LogP contribution in [0.2, 0.25) is 0 Å². The maximum absolute atomic E-state index is 4.51. The van der Waals surface area contributed by atoms with Gasteiger partial charge in [0.1, 0.15) is 0 Å². The van der Waals surface area contributed by atoms with E-state index in [-0.39, 0.29) is 24.0 Å². The number of hydrogen-bond donors (Lipinski definition) is 1. The van der Waals surface area contributed by atoms with E-state index in [0.717, 1.165) is 32.1 Å². The first kappa shape index (κ1) is 21.4. The number of aromatic nitrogens is 2. The molecule has 6 heteroatoms. The largest absolute Gasteiger partial charge is 0.352 e. The Morgan fingerprint density at radius 2 is 1.93 bits per heavy atom. The first-order valence-electron chi connectivity index (χ1n) is 9.87. The molecule has 1 aliphatic rings. The Balaban J connectivity index is 0.00000240.